The van der Waals surface area contributed by atoms with Crippen LogP contribution in [0, 0.1) is 0 Å². The molecular weight excluding hydrogens is 413 g/mol. The van der Waals surface area contributed by atoms with Crippen molar-refractivity contribution >= 4 is 13.5 Å². The third-order valence-corrected chi connectivity index (χ3v) is 7.73. The van der Waals surface area contributed by atoms with E-state index in [1.807, 2.05) is 67.6 Å². The zero-order chi connectivity index (χ0) is 22.9. The standard InChI is InChI=1S/C24H34NO5P/c1-5-29-31(28,30-6-2)19(3)17-23(26)25(18-21-13-9-7-10-14-21)20(4)24(27)22-15-11-8-12-16-22/h7-16,19-20,24,27H,5-6,17-18H2,1-4H3/t19-,20-,24-/m1/s1. The molecule has 0 fully saturated rings. The van der Waals surface area contributed by atoms with E-state index in [4.69, 9.17) is 9.05 Å². The van der Waals surface area contributed by atoms with Gasteiger partial charge in [0.1, 0.15) is 0 Å². The highest BCUT2D eigenvalue weighted by Crippen LogP contribution is 2.54. The molecule has 6 nitrogen and oxygen atoms in total. The predicted molar refractivity (Wildman–Crippen MR) is 123 cm³/mol. The van der Waals surface area contributed by atoms with Crippen molar-refractivity contribution in [3.05, 3.63) is 71.8 Å². The van der Waals surface area contributed by atoms with E-state index in [0.717, 1.165) is 11.1 Å². The molecule has 7 heteroatoms. The summed E-state index contributed by atoms with van der Waals surface area (Å²) >= 11 is 0. The number of carbonyl (C=O) groups excluding carboxylic acids is 1. The molecular formula is C24H34NO5P. The van der Waals surface area contributed by atoms with Gasteiger partial charge in [-0.25, -0.2) is 0 Å². The molecule has 0 bridgehead atoms. The Hall–Kier alpha value is -1.98. The number of aliphatic hydroxyl groups is 1. The molecule has 1 N–H and O–H groups in total. The zero-order valence-corrected chi connectivity index (χ0v) is 19.7. The summed E-state index contributed by atoms with van der Waals surface area (Å²) in [5.41, 5.74) is 1.09. The third-order valence-electron chi connectivity index (χ3n) is 5.23. The van der Waals surface area contributed by atoms with Gasteiger partial charge in [0.15, 0.2) is 0 Å². The first kappa shape index (κ1) is 25.3. The van der Waals surface area contributed by atoms with Gasteiger partial charge in [0.05, 0.1) is 31.0 Å². The summed E-state index contributed by atoms with van der Waals surface area (Å²) in [6, 6.07) is 18.4. The second-order valence-electron chi connectivity index (χ2n) is 7.53. The second kappa shape index (κ2) is 12.2. The lowest BCUT2D eigenvalue weighted by molar-refractivity contribution is -0.136. The van der Waals surface area contributed by atoms with Gasteiger partial charge in [0, 0.05) is 13.0 Å². The lowest BCUT2D eigenvalue weighted by Crippen LogP contribution is -2.42. The highest BCUT2D eigenvalue weighted by Gasteiger charge is 2.36. The Morgan fingerprint density at radius 1 is 0.968 bits per heavy atom. The van der Waals surface area contributed by atoms with Crippen LogP contribution in [-0.2, 0) is 25.0 Å². The van der Waals surface area contributed by atoms with E-state index in [-0.39, 0.29) is 25.5 Å². The minimum Gasteiger partial charge on any atom is -0.386 e. The first-order chi connectivity index (χ1) is 14.8. The minimum absolute atomic E-state index is 0.00401. The van der Waals surface area contributed by atoms with Crippen LogP contribution in [0.5, 0.6) is 0 Å². The van der Waals surface area contributed by atoms with Gasteiger partial charge in [-0.1, -0.05) is 67.6 Å². The maximum atomic E-state index is 13.4. The molecule has 170 valence electrons. The smallest absolute Gasteiger partial charge is 0.333 e. The largest absolute Gasteiger partial charge is 0.386 e. The lowest BCUT2D eigenvalue weighted by atomic mass is 10.0. The average Bonchev–Trinajstić information content (AvgIpc) is 2.78. The first-order valence-electron chi connectivity index (χ1n) is 10.8. The first-order valence-corrected chi connectivity index (χ1v) is 12.4. The monoisotopic (exact) mass is 447 g/mol. The van der Waals surface area contributed by atoms with Crippen molar-refractivity contribution in [2.75, 3.05) is 13.2 Å². The Labute approximate surface area is 185 Å². The van der Waals surface area contributed by atoms with Gasteiger partial charge in [-0.15, -0.1) is 0 Å². The van der Waals surface area contributed by atoms with Crippen LogP contribution >= 0.6 is 7.60 Å². The Balaban J connectivity index is 2.26. The summed E-state index contributed by atoms with van der Waals surface area (Å²) in [5.74, 6) is -0.210. The maximum absolute atomic E-state index is 13.4. The molecule has 2 aromatic carbocycles. The van der Waals surface area contributed by atoms with E-state index < -0.39 is 25.4 Å². The van der Waals surface area contributed by atoms with E-state index in [2.05, 4.69) is 0 Å². The quantitative estimate of drug-likeness (QED) is 0.454. The molecule has 0 radical (unpaired) electrons. The molecule has 0 aromatic heterocycles. The molecule has 0 heterocycles. The fourth-order valence-corrected chi connectivity index (χ4v) is 5.16. The van der Waals surface area contributed by atoms with Crippen molar-refractivity contribution < 1.29 is 23.5 Å². The normalized spacial score (nSPS) is 14.6. The SMILES string of the molecule is CCOP(=O)(OCC)[C@H](C)CC(=O)N(Cc1ccccc1)[C@H](C)[C@@H](O)c1ccccc1. The predicted octanol–water partition coefficient (Wildman–Crippen LogP) is 5.18. The summed E-state index contributed by atoms with van der Waals surface area (Å²) in [5, 5.41) is 11.0. The van der Waals surface area contributed by atoms with Crippen molar-refractivity contribution in [2.24, 2.45) is 0 Å². The summed E-state index contributed by atoms with van der Waals surface area (Å²) in [6.07, 6.45) is -0.856. The molecule has 31 heavy (non-hydrogen) atoms. The van der Waals surface area contributed by atoms with Crippen molar-refractivity contribution in [3.8, 4) is 0 Å². The van der Waals surface area contributed by atoms with E-state index >= 15 is 0 Å². The minimum atomic E-state index is -3.41. The number of hydrogen-bond acceptors (Lipinski definition) is 5. The number of hydrogen-bond donors (Lipinski definition) is 1. The second-order valence-corrected chi connectivity index (χ2v) is 10.0. The van der Waals surface area contributed by atoms with Gasteiger partial charge in [0.2, 0.25) is 5.91 Å². The average molecular weight is 448 g/mol. The van der Waals surface area contributed by atoms with Crippen LogP contribution in [0.1, 0.15) is 51.3 Å². The van der Waals surface area contributed by atoms with E-state index in [9.17, 15) is 14.5 Å². The molecule has 0 saturated carbocycles. The number of aliphatic hydroxyl groups excluding tert-OH is 1. The fraction of sp³-hybridized carbons (Fsp3) is 0.458. The molecule has 1 amide bonds. The molecule has 0 saturated heterocycles. The van der Waals surface area contributed by atoms with E-state index in [1.165, 1.54) is 0 Å². The molecule has 3 atom stereocenters. The number of rotatable bonds is 12. The topological polar surface area (TPSA) is 76.1 Å². The maximum Gasteiger partial charge on any atom is 0.333 e. The van der Waals surface area contributed by atoms with Crippen molar-refractivity contribution in [1.82, 2.24) is 4.90 Å². The van der Waals surface area contributed by atoms with Crippen LogP contribution in [0.2, 0.25) is 0 Å². The van der Waals surface area contributed by atoms with Crippen LogP contribution in [0.4, 0.5) is 0 Å². The van der Waals surface area contributed by atoms with Crippen LogP contribution in [0.25, 0.3) is 0 Å². The molecule has 2 rings (SSSR count). The Morgan fingerprint density at radius 3 is 2.00 bits per heavy atom. The van der Waals surface area contributed by atoms with Gasteiger partial charge < -0.3 is 19.1 Å². The molecule has 0 aliphatic carbocycles. The van der Waals surface area contributed by atoms with Crippen LogP contribution in [0.3, 0.4) is 0 Å². The lowest BCUT2D eigenvalue weighted by Gasteiger charge is -2.34. The van der Waals surface area contributed by atoms with Gasteiger partial charge >= 0.3 is 7.60 Å². The molecule has 2 aromatic rings. The van der Waals surface area contributed by atoms with Crippen molar-refractivity contribution in [3.63, 3.8) is 0 Å². The van der Waals surface area contributed by atoms with Crippen molar-refractivity contribution in [2.45, 2.75) is 58.5 Å². The molecule has 0 aliphatic heterocycles. The molecule has 0 spiro atoms. The number of amides is 1. The zero-order valence-electron chi connectivity index (χ0n) is 18.8. The molecule has 0 unspecified atom stereocenters. The highest BCUT2D eigenvalue weighted by atomic mass is 31.2. The third kappa shape index (κ3) is 7.01. The van der Waals surface area contributed by atoms with Crippen LogP contribution in [0.15, 0.2) is 60.7 Å². The van der Waals surface area contributed by atoms with Gasteiger partial charge in [-0.05, 0) is 31.9 Å². The number of carbonyl (C=O) groups is 1. The Kier molecular flexibility index (Phi) is 9.92. The Bertz CT molecular complexity index is 836. The van der Waals surface area contributed by atoms with E-state index in [1.54, 1.807) is 25.7 Å². The summed E-state index contributed by atoms with van der Waals surface area (Å²) in [4.78, 5) is 15.0. The number of benzene rings is 2. The Morgan fingerprint density at radius 2 is 1.48 bits per heavy atom. The van der Waals surface area contributed by atoms with Gasteiger partial charge in [-0.3, -0.25) is 9.36 Å². The highest BCUT2D eigenvalue weighted by molar-refractivity contribution is 7.54. The van der Waals surface area contributed by atoms with E-state index in [0.29, 0.717) is 6.54 Å². The number of nitrogens with zero attached hydrogens (tertiary/aromatic N) is 1. The fourth-order valence-electron chi connectivity index (χ4n) is 3.47. The summed E-state index contributed by atoms with van der Waals surface area (Å²) in [6.45, 7) is 7.86. The summed E-state index contributed by atoms with van der Waals surface area (Å²) in [7, 11) is -3.41. The van der Waals surface area contributed by atoms with Gasteiger partial charge in [-0.2, -0.15) is 0 Å². The molecule has 0 aliphatic rings. The summed E-state index contributed by atoms with van der Waals surface area (Å²) < 4.78 is 23.9. The van der Waals surface area contributed by atoms with Crippen molar-refractivity contribution in [1.29, 1.82) is 0 Å². The van der Waals surface area contributed by atoms with Crippen LogP contribution in [-0.4, -0.2) is 40.8 Å². The van der Waals surface area contributed by atoms with Gasteiger partial charge in [0.25, 0.3) is 0 Å². The van der Waals surface area contributed by atoms with Crippen LogP contribution < -0.4 is 0 Å².